The van der Waals surface area contributed by atoms with Crippen molar-refractivity contribution in [1.82, 2.24) is 0 Å². The van der Waals surface area contributed by atoms with E-state index in [0.29, 0.717) is 0 Å². The third kappa shape index (κ3) is 21.7. The van der Waals surface area contributed by atoms with Crippen molar-refractivity contribution in [2.24, 2.45) is 0 Å². The summed E-state index contributed by atoms with van der Waals surface area (Å²) in [4.78, 5) is 22.2. The number of hydrogen-bond donors (Lipinski definition) is 4. The van der Waals surface area contributed by atoms with Gasteiger partial charge in [-0.2, -0.15) is 0 Å². The SMILES string of the molecule is CCC/C=C\CCCC/C=C\CCCCCCCCC(=O)OC[C@@H](O)COP(=O)(O)C(C)[N+](C)(C)CCC(O)O. The summed E-state index contributed by atoms with van der Waals surface area (Å²) in [7, 11) is -0.738. The topological polar surface area (TPSA) is 134 Å². The molecule has 4 N–H and O–H groups in total. The average Bonchev–Trinajstić information content (AvgIpc) is 2.91. The van der Waals surface area contributed by atoms with Gasteiger partial charge in [-0.25, -0.2) is 0 Å². The second-order valence-corrected chi connectivity index (χ2v) is 13.4. The van der Waals surface area contributed by atoms with Crippen LogP contribution in [0.25, 0.3) is 0 Å². The van der Waals surface area contributed by atoms with Crippen LogP contribution < -0.4 is 0 Å². The second kappa shape index (κ2) is 23.5. The molecule has 0 aromatic rings. The van der Waals surface area contributed by atoms with E-state index in [4.69, 9.17) is 19.5 Å². The van der Waals surface area contributed by atoms with Crippen LogP contribution >= 0.6 is 7.60 Å². The van der Waals surface area contributed by atoms with Gasteiger partial charge < -0.3 is 34.0 Å². The number of allylic oxidation sites excluding steroid dienone is 4. The largest absolute Gasteiger partial charge is 0.463 e. The zero-order valence-corrected chi connectivity index (χ0v) is 26.5. The van der Waals surface area contributed by atoms with Gasteiger partial charge in [0, 0.05) is 12.8 Å². The maximum atomic E-state index is 12.6. The van der Waals surface area contributed by atoms with Crippen molar-refractivity contribution in [3.05, 3.63) is 24.3 Å². The molecule has 10 heteroatoms. The zero-order valence-electron chi connectivity index (χ0n) is 25.6. The van der Waals surface area contributed by atoms with Crippen LogP contribution in [0.3, 0.4) is 0 Å². The molecule has 0 aromatic heterocycles. The smallest absolute Gasteiger partial charge is 0.384 e. The van der Waals surface area contributed by atoms with E-state index < -0.39 is 38.3 Å². The Kier molecular flexibility index (Phi) is 22.9. The van der Waals surface area contributed by atoms with E-state index in [9.17, 15) is 19.4 Å². The Hall–Kier alpha value is -1.06. The highest BCUT2D eigenvalue weighted by Crippen LogP contribution is 2.50. The number of carbonyl (C=O) groups is 1. The van der Waals surface area contributed by atoms with Crippen LogP contribution in [0.15, 0.2) is 24.3 Å². The summed E-state index contributed by atoms with van der Waals surface area (Å²) in [5, 5.41) is 28.1. The maximum Gasteiger partial charge on any atom is 0.384 e. The number of nitrogens with zero attached hydrogens (tertiary/aromatic N) is 1. The molecule has 0 spiro atoms. The minimum absolute atomic E-state index is 0.0329. The summed E-state index contributed by atoms with van der Waals surface area (Å²) in [6.07, 6.45) is 21.5. The van der Waals surface area contributed by atoms with Gasteiger partial charge in [0.1, 0.15) is 12.7 Å². The van der Waals surface area contributed by atoms with Crippen molar-refractivity contribution in [2.45, 2.75) is 128 Å². The molecular weight excluding hydrogens is 533 g/mol. The first-order chi connectivity index (χ1) is 18.9. The Morgan fingerprint density at radius 2 is 1.32 bits per heavy atom. The lowest BCUT2D eigenvalue weighted by atomic mass is 10.1. The molecule has 0 aromatic carbocycles. The fourth-order valence-electron chi connectivity index (χ4n) is 4.04. The number of hydrogen-bond acceptors (Lipinski definition) is 7. The highest BCUT2D eigenvalue weighted by atomic mass is 31.2. The number of esters is 1. The van der Waals surface area contributed by atoms with Crippen LogP contribution in [0.4, 0.5) is 0 Å². The Morgan fingerprint density at radius 1 is 0.825 bits per heavy atom. The number of ether oxygens (including phenoxy) is 1. The molecule has 0 aliphatic heterocycles. The Balaban J connectivity index is 3.81. The predicted molar refractivity (Wildman–Crippen MR) is 161 cm³/mol. The van der Waals surface area contributed by atoms with Crippen LogP contribution in [0.1, 0.15) is 110 Å². The lowest BCUT2D eigenvalue weighted by molar-refractivity contribution is -0.901. The molecule has 0 fully saturated rings. The molecule has 236 valence electrons. The molecule has 40 heavy (non-hydrogen) atoms. The number of unbranched alkanes of at least 4 members (excludes halogenated alkanes) is 10. The van der Waals surface area contributed by atoms with E-state index in [-0.39, 0.29) is 30.5 Å². The number of carbonyl (C=O) groups excluding carboxylic acids is 1. The van der Waals surface area contributed by atoms with E-state index in [1.165, 1.54) is 58.3 Å². The first-order valence-electron chi connectivity index (χ1n) is 15.2. The normalized spacial score (nSPS) is 15.6. The summed E-state index contributed by atoms with van der Waals surface area (Å²) in [6, 6.07) is 0. The molecule has 9 nitrogen and oxygen atoms in total. The van der Waals surface area contributed by atoms with E-state index in [1.807, 2.05) is 0 Å². The van der Waals surface area contributed by atoms with Gasteiger partial charge in [0.25, 0.3) is 0 Å². The first-order valence-corrected chi connectivity index (χ1v) is 16.9. The van der Waals surface area contributed by atoms with Crippen molar-refractivity contribution in [2.75, 3.05) is 33.9 Å². The number of quaternary nitrogens is 1. The van der Waals surface area contributed by atoms with E-state index >= 15 is 0 Å². The van der Waals surface area contributed by atoms with Crippen LogP contribution in [-0.2, 0) is 18.6 Å². The van der Waals surface area contributed by atoms with E-state index in [0.717, 1.165) is 32.1 Å². The van der Waals surface area contributed by atoms with Gasteiger partial charge in [-0.05, 0) is 58.3 Å². The molecule has 0 rings (SSSR count). The summed E-state index contributed by atoms with van der Waals surface area (Å²) >= 11 is 0. The number of aliphatic hydroxyl groups excluding tert-OH is 2. The Bertz CT molecular complexity index is 741. The highest BCUT2D eigenvalue weighted by molar-refractivity contribution is 7.53. The van der Waals surface area contributed by atoms with Crippen LogP contribution in [0, 0.1) is 0 Å². The van der Waals surface area contributed by atoms with Crippen molar-refractivity contribution in [3.63, 3.8) is 0 Å². The molecule has 0 radical (unpaired) electrons. The molecule has 3 atom stereocenters. The average molecular weight is 593 g/mol. The molecule has 0 saturated heterocycles. The summed E-state index contributed by atoms with van der Waals surface area (Å²) < 4.78 is 22.8. The second-order valence-electron chi connectivity index (χ2n) is 11.3. The molecule has 0 heterocycles. The zero-order chi connectivity index (χ0) is 30.3. The van der Waals surface area contributed by atoms with Crippen molar-refractivity contribution in [1.29, 1.82) is 0 Å². The summed E-state index contributed by atoms with van der Waals surface area (Å²) in [5.41, 5.74) is 0. The van der Waals surface area contributed by atoms with Crippen molar-refractivity contribution in [3.8, 4) is 0 Å². The molecule has 0 bridgehead atoms. The lowest BCUT2D eigenvalue weighted by Gasteiger charge is -2.37. The number of rotatable bonds is 26. The molecular formula is C30H59NO8P+. The van der Waals surface area contributed by atoms with Gasteiger partial charge in [0.05, 0.1) is 27.2 Å². The molecule has 0 saturated carbocycles. The quantitative estimate of drug-likeness (QED) is 0.0247. The first kappa shape index (κ1) is 38.9. The van der Waals surface area contributed by atoms with Gasteiger partial charge in [0.2, 0.25) is 0 Å². The fourth-order valence-corrected chi connectivity index (χ4v) is 5.55. The maximum absolute atomic E-state index is 12.6. The van der Waals surface area contributed by atoms with Crippen molar-refractivity contribution < 1.29 is 43.3 Å². The molecule has 0 amide bonds. The Labute approximate surface area is 243 Å². The third-order valence-corrected chi connectivity index (χ3v) is 9.21. The summed E-state index contributed by atoms with van der Waals surface area (Å²) in [6.45, 7) is 3.24. The van der Waals surface area contributed by atoms with Gasteiger partial charge >= 0.3 is 13.6 Å². The van der Waals surface area contributed by atoms with Gasteiger partial charge in [-0.3, -0.25) is 9.36 Å². The van der Waals surface area contributed by atoms with Gasteiger partial charge in [0.15, 0.2) is 12.1 Å². The van der Waals surface area contributed by atoms with Crippen LogP contribution in [-0.4, -0.2) is 82.7 Å². The van der Waals surface area contributed by atoms with Gasteiger partial charge in [-0.1, -0.05) is 63.3 Å². The highest BCUT2D eigenvalue weighted by Gasteiger charge is 2.41. The molecule has 0 aliphatic rings. The predicted octanol–water partition coefficient (Wildman–Crippen LogP) is 5.81. The van der Waals surface area contributed by atoms with Gasteiger partial charge in [-0.15, -0.1) is 0 Å². The van der Waals surface area contributed by atoms with Crippen LogP contribution in [0.2, 0.25) is 0 Å². The fraction of sp³-hybridized carbons (Fsp3) is 0.833. The minimum Gasteiger partial charge on any atom is -0.463 e. The standard InChI is InChI=1S/C30H58NO8P/c1-5-6-7-8-9-10-11-12-13-14-15-16-17-18-19-20-21-22-30(35)38-25-28(32)26-39-40(36,37)27(2)31(3,4)24-23-29(33)34/h7-8,13-14,27-29,32-34H,5-6,9-12,15-26H2,1-4H3/p+1/b8-7-,14-13-/t27?,28-/m1/s1. The third-order valence-electron chi connectivity index (χ3n) is 7.12. The van der Waals surface area contributed by atoms with Crippen molar-refractivity contribution >= 4 is 13.6 Å². The Morgan fingerprint density at radius 3 is 1.88 bits per heavy atom. The minimum atomic E-state index is -4.11. The lowest BCUT2D eigenvalue weighted by Crippen LogP contribution is -2.48. The van der Waals surface area contributed by atoms with E-state index in [2.05, 4.69) is 31.2 Å². The summed E-state index contributed by atoms with van der Waals surface area (Å²) in [5.74, 6) is -1.25. The monoisotopic (exact) mass is 592 g/mol. The molecule has 0 aliphatic carbocycles. The number of aliphatic hydroxyl groups is 3. The van der Waals surface area contributed by atoms with Crippen LogP contribution in [0.5, 0.6) is 0 Å². The molecule has 2 unspecified atom stereocenters. The van der Waals surface area contributed by atoms with E-state index in [1.54, 1.807) is 14.1 Å².